The molecule has 0 spiro atoms. The van der Waals surface area contributed by atoms with Gasteiger partial charge in [-0.25, -0.2) is 0 Å². The number of carbonyl (C=O) groups excluding carboxylic acids is 1. The average Bonchev–Trinajstić information content (AvgIpc) is 2.15. The van der Waals surface area contributed by atoms with Gasteiger partial charge >= 0.3 is 0 Å². The minimum absolute atomic E-state index is 0.0633. The second kappa shape index (κ2) is 6.30. The predicted octanol–water partition coefficient (Wildman–Crippen LogP) is 1.26. The summed E-state index contributed by atoms with van der Waals surface area (Å²) in [6.07, 6.45) is 2.54. The Balaban J connectivity index is 3.74. The van der Waals surface area contributed by atoms with Gasteiger partial charge in [0.25, 0.3) is 0 Å². The van der Waals surface area contributed by atoms with Gasteiger partial charge in [-0.2, -0.15) is 11.8 Å². The Labute approximate surface area is 90.7 Å². The van der Waals surface area contributed by atoms with Crippen LogP contribution in [0, 0.1) is 5.41 Å². The van der Waals surface area contributed by atoms with E-state index in [4.69, 9.17) is 5.11 Å². The lowest BCUT2D eigenvalue weighted by atomic mass is 9.95. The monoisotopic (exact) mass is 219 g/mol. The number of hydrogen-bond donors (Lipinski definition) is 2. The third-order valence-corrected chi connectivity index (χ3v) is 3.04. The summed E-state index contributed by atoms with van der Waals surface area (Å²) in [5.74, 6) is 0.0633. The normalized spacial score (nSPS) is 13.8. The summed E-state index contributed by atoms with van der Waals surface area (Å²) in [6.45, 7) is 6.49. The number of aliphatic hydroxyl groups is 1. The van der Waals surface area contributed by atoms with Crippen LogP contribution in [0.4, 0.5) is 0 Å². The van der Waals surface area contributed by atoms with E-state index in [0.29, 0.717) is 18.2 Å². The van der Waals surface area contributed by atoms with Crippen LogP contribution in [-0.4, -0.2) is 35.7 Å². The number of nitrogens with one attached hydrogen (secondary N) is 1. The molecule has 0 aliphatic rings. The maximum Gasteiger partial charge on any atom is 0.221 e. The number of thioether (sulfide) groups is 1. The van der Waals surface area contributed by atoms with Crippen LogP contribution >= 0.6 is 11.8 Å². The molecular weight excluding hydrogens is 198 g/mol. The number of amides is 1. The van der Waals surface area contributed by atoms with Gasteiger partial charge in [0.2, 0.25) is 5.91 Å². The van der Waals surface area contributed by atoms with Gasteiger partial charge in [0.1, 0.15) is 0 Å². The molecule has 0 aromatic rings. The molecule has 1 unspecified atom stereocenters. The molecule has 0 aliphatic carbocycles. The first-order valence-electron chi connectivity index (χ1n) is 4.81. The molecule has 2 N–H and O–H groups in total. The van der Waals surface area contributed by atoms with E-state index in [2.05, 4.69) is 5.32 Å². The fourth-order valence-electron chi connectivity index (χ4n) is 0.810. The Morgan fingerprint density at radius 2 is 2.14 bits per heavy atom. The first kappa shape index (κ1) is 13.8. The topological polar surface area (TPSA) is 49.3 Å². The molecule has 0 fully saturated rings. The van der Waals surface area contributed by atoms with Crippen molar-refractivity contribution in [2.24, 2.45) is 5.41 Å². The number of aliphatic hydroxyl groups excluding tert-OH is 1. The largest absolute Gasteiger partial charge is 0.396 e. The number of rotatable bonds is 6. The minimum atomic E-state index is -0.224. The van der Waals surface area contributed by atoms with Crippen LogP contribution in [0.1, 0.15) is 27.2 Å². The summed E-state index contributed by atoms with van der Waals surface area (Å²) >= 11 is 1.68. The quantitative estimate of drug-likeness (QED) is 0.707. The fourth-order valence-corrected chi connectivity index (χ4v) is 1.13. The Morgan fingerprint density at radius 3 is 2.57 bits per heavy atom. The maximum absolute atomic E-state index is 11.4. The van der Waals surface area contributed by atoms with E-state index in [1.807, 2.05) is 27.0 Å². The number of carbonyl (C=O) groups is 1. The summed E-state index contributed by atoms with van der Waals surface area (Å²) in [6, 6.07) is 0. The smallest absolute Gasteiger partial charge is 0.221 e. The van der Waals surface area contributed by atoms with Crippen LogP contribution in [0.5, 0.6) is 0 Å². The molecule has 0 heterocycles. The predicted molar refractivity (Wildman–Crippen MR) is 61.5 cm³/mol. The van der Waals surface area contributed by atoms with Crippen molar-refractivity contribution in [1.82, 2.24) is 5.32 Å². The molecule has 0 rings (SSSR count). The molecule has 0 aromatic heterocycles. The van der Waals surface area contributed by atoms with Gasteiger partial charge in [-0.3, -0.25) is 4.79 Å². The lowest BCUT2D eigenvalue weighted by Crippen LogP contribution is -2.36. The molecule has 4 heteroatoms. The van der Waals surface area contributed by atoms with Gasteiger partial charge < -0.3 is 10.4 Å². The van der Waals surface area contributed by atoms with E-state index < -0.39 is 0 Å². The summed E-state index contributed by atoms with van der Waals surface area (Å²) in [7, 11) is 0. The number of hydrogen-bond acceptors (Lipinski definition) is 3. The molecule has 0 radical (unpaired) electrons. The van der Waals surface area contributed by atoms with Gasteiger partial charge in [0.05, 0.1) is 0 Å². The zero-order valence-corrected chi connectivity index (χ0v) is 10.3. The van der Waals surface area contributed by atoms with Crippen LogP contribution in [0.3, 0.4) is 0 Å². The van der Waals surface area contributed by atoms with E-state index >= 15 is 0 Å². The summed E-state index contributed by atoms with van der Waals surface area (Å²) in [4.78, 5) is 11.4. The zero-order chi connectivity index (χ0) is 11.2. The highest BCUT2D eigenvalue weighted by atomic mass is 32.2. The summed E-state index contributed by atoms with van der Waals surface area (Å²) in [5, 5.41) is 12.2. The van der Waals surface area contributed by atoms with Crippen LogP contribution in [-0.2, 0) is 4.79 Å². The van der Waals surface area contributed by atoms with E-state index in [9.17, 15) is 4.79 Å². The minimum Gasteiger partial charge on any atom is -0.396 e. The van der Waals surface area contributed by atoms with Crippen molar-refractivity contribution >= 4 is 17.7 Å². The molecule has 1 amide bonds. The highest BCUT2D eigenvalue weighted by molar-refractivity contribution is 7.99. The second-order valence-electron chi connectivity index (χ2n) is 4.35. The lowest BCUT2D eigenvalue weighted by Gasteiger charge is -2.22. The molecule has 1 atom stereocenters. The van der Waals surface area contributed by atoms with E-state index in [1.165, 1.54) is 0 Å². The average molecular weight is 219 g/mol. The molecule has 14 heavy (non-hydrogen) atoms. The maximum atomic E-state index is 11.4. The van der Waals surface area contributed by atoms with Crippen molar-refractivity contribution in [2.75, 3.05) is 19.4 Å². The molecule has 0 aliphatic heterocycles. The van der Waals surface area contributed by atoms with Gasteiger partial charge in [-0.05, 0) is 6.26 Å². The molecule has 3 nitrogen and oxygen atoms in total. The Morgan fingerprint density at radius 1 is 1.57 bits per heavy atom. The van der Waals surface area contributed by atoms with E-state index in [-0.39, 0.29) is 17.9 Å². The van der Waals surface area contributed by atoms with Crippen molar-refractivity contribution in [3.8, 4) is 0 Å². The molecule has 0 aromatic carbocycles. The SMILES string of the molecule is CSC(C)CC(=O)NCC(C)(C)CO. The first-order valence-corrected chi connectivity index (χ1v) is 6.10. The van der Waals surface area contributed by atoms with Gasteiger partial charge in [0.15, 0.2) is 0 Å². The van der Waals surface area contributed by atoms with E-state index in [1.54, 1.807) is 11.8 Å². The molecule has 0 saturated carbocycles. The van der Waals surface area contributed by atoms with E-state index in [0.717, 1.165) is 0 Å². The van der Waals surface area contributed by atoms with Crippen LogP contribution < -0.4 is 5.32 Å². The Hall–Kier alpha value is -0.220. The van der Waals surface area contributed by atoms with Crippen LogP contribution in [0.25, 0.3) is 0 Å². The standard InChI is InChI=1S/C10H21NO2S/c1-8(14-4)5-9(13)11-6-10(2,3)7-12/h8,12H,5-7H2,1-4H3,(H,11,13). The van der Waals surface area contributed by atoms with Gasteiger partial charge in [-0.15, -0.1) is 0 Å². The Kier molecular flexibility index (Phi) is 6.20. The molecule has 0 bridgehead atoms. The van der Waals surface area contributed by atoms with Crippen molar-refractivity contribution in [2.45, 2.75) is 32.4 Å². The highest BCUT2D eigenvalue weighted by Crippen LogP contribution is 2.12. The zero-order valence-electron chi connectivity index (χ0n) is 9.46. The molecule has 0 saturated heterocycles. The van der Waals surface area contributed by atoms with Crippen molar-refractivity contribution < 1.29 is 9.90 Å². The summed E-state index contributed by atoms with van der Waals surface area (Å²) < 4.78 is 0. The van der Waals surface area contributed by atoms with Crippen molar-refractivity contribution in [3.63, 3.8) is 0 Å². The highest BCUT2D eigenvalue weighted by Gasteiger charge is 2.17. The Bertz CT molecular complexity index is 183. The molecule has 84 valence electrons. The second-order valence-corrected chi connectivity index (χ2v) is 5.63. The lowest BCUT2D eigenvalue weighted by molar-refractivity contribution is -0.121. The molecular formula is C10H21NO2S. The van der Waals surface area contributed by atoms with Gasteiger partial charge in [-0.1, -0.05) is 20.8 Å². The van der Waals surface area contributed by atoms with Crippen molar-refractivity contribution in [1.29, 1.82) is 0 Å². The van der Waals surface area contributed by atoms with Crippen molar-refractivity contribution in [3.05, 3.63) is 0 Å². The van der Waals surface area contributed by atoms with Crippen LogP contribution in [0.15, 0.2) is 0 Å². The third-order valence-electron chi connectivity index (χ3n) is 2.07. The fraction of sp³-hybridized carbons (Fsp3) is 0.900. The third kappa shape index (κ3) is 6.27. The summed E-state index contributed by atoms with van der Waals surface area (Å²) in [5.41, 5.74) is -0.224. The van der Waals surface area contributed by atoms with Crippen LogP contribution in [0.2, 0.25) is 0 Å². The van der Waals surface area contributed by atoms with Gasteiger partial charge in [0, 0.05) is 30.2 Å². The first-order chi connectivity index (χ1) is 6.41.